The van der Waals surface area contributed by atoms with Gasteiger partial charge in [0.25, 0.3) is 0 Å². The van der Waals surface area contributed by atoms with Crippen LogP contribution in [0.15, 0.2) is 47.4 Å². The van der Waals surface area contributed by atoms with Crippen molar-refractivity contribution in [2.24, 2.45) is 0 Å². The van der Waals surface area contributed by atoms with E-state index in [1.807, 2.05) is 19.1 Å². The summed E-state index contributed by atoms with van der Waals surface area (Å²) in [6.07, 6.45) is 0.739. The van der Waals surface area contributed by atoms with Gasteiger partial charge in [-0.1, -0.05) is 24.6 Å². The Labute approximate surface area is 147 Å². The van der Waals surface area contributed by atoms with Crippen LogP contribution < -0.4 is 14.8 Å². The molecule has 0 aliphatic heterocycles. The Morgan fingerprint density at radius 2 is 1.83 bits per heavy atom. The highest BCUT2D eigenvalue weighted by molar-refractivity contribution is 8.00. The highest BCUT2D eigenvalue weighted by Gasteiger charge is 2.19. The third kappa shape index (κ3) is 4.68. The molecule has 1 N–H and O–H groups in total. The van der Waals surface area contributed by atoms with Crippen molar-refractivity contribution in [3.8, 4) is 11.5 Å². The molecule has 1 atom stereocenters. The summed E-state index contributed by atoms with van der Waals surface area (Å²) < 4.78 is 10.5. The van der Waals surface area contributed by atoms with Gasteiger partial charge in [-0.05, 0) is 37.6 Å². The molecule has 0 aromatic heterocycles. The van der Waals surface area contributed by atoms with Crippen LogP contribution in [0.4, 0.5) is 5.69 Å². The summed E-state index contributed by atoms with van der Waals surface area (Å²) in [5.41, 5.74) is 1.85. The second-order valence-corrected chi connectivity index (χ2v) is 6.66. The average molecular weight is 345 g/mol. The molecule has 1 unspecified atom stereocenters. The normalized spacial score (nSPS) is 11.7. The average Bonchev–Trinajstić information content (AvgIpc) is 2.61. The van der Waals surface area contributed by atoms with E-state index < -0.39 is 0 Å². The van der Waals surface area contributed by atoms with E-state index in [0.717, 1.165) is 11.3 Å². The molecule has 0 heterocycles. The van der Waals surface area contributed by atoms with Gasteiger partial charge >= 0.3 is 0 Å². The Balaban J connectivity index is 2.10. The second kappa shape index (κ2) is 8.64. The third-order valence-corrected chi connectivity index (χ3v) is 5.01. The maximum absolute atomic E-state index is 12.6. The number of benzene rings is 2. The summed E-state index contributed by atoms with van der Waals surface area (Å²) in [6.45, 7) is 4.06. The molecule has 0 bridgehead atoms. The van der Waals surface area contributed by atoms with E-state index >= 15 is 0 Å². The molecule has 5 heteroatoms. The lowest BCUT2D eigenvalue weighted by atomic mass is 10.2. The van der Waals surface area contributed by atoms with Crippen LogP contribution in [0.3, 0.4) is 0 Å². The van der Waals surface area contributed by atoms with Gasteiger partial charge in [0.1, 0.15) is 11.5 Å². The lowest BCUT2D eigenvalue weighted by molar-refractivity contribution is -0.115. The summed E-state index contributed by atoms with van der Waals surface area (Å²) in [5.74, 6) is 1.23. The fourth-order valence-corrected chi connectivity index (χ4v) is 3.17. The number of carbonyl (C=O) groups is 1. The van der Waals surface area contributed by atoms with Gasteiger partial charge in [-0.15, -0.1) is 11.8 Å². The van der Waals surface area contributed by atoms with Crippen molar-refractivity contribution in [1.29, 1.82) is 0 Å². The van der Waals surface area contributed by atoms with Gasteiger partial charge in [0, 0.05) is 11.0 Å². The zero-order chi connectivity index (χ0) is 17.5. The number of methoxy groups -OCH3 is 2. The fraction of sp³-hybridized carbons (Fsp3) is 0.316. The first-order chi connectivity index (χ1) is 11.6. The monoisotopic (exact) mass is 345 g/mol. The number of rotatable bonds is 7. The molecule has 2 aromatic carbocycles. The SMILES string of the molecule is CCC(Sc1ccc(C)cc1)C(=O)Nc1ccc(OC)cc1OC. The lowest BCUT2D eigenvalue weighted by Gasteiger charge is -2.17. The molecule has 0 aliphatic rings. The van der Waals surface area contributed by atoms with Crippen molar-refractivity contribution >= 4 is 23.4 Å². The second-order valence-electron chi connectivity index (χ2n) is 5.38. The molecule has 2 rings (SSSR count). The number of hydrogen-bond acceptors (Lipinski definition) is 4. The summed E-state index contributed by atoms with van der Waals surface area (Å²) in [7, 11) is 3.17. The minimum Gasteiger partial charge on any atom is -0.497 e. The van der Waals surface area contributed by atoms with Crippen LogP contribution in [0, 0.1) is 6.92 Å². The van der Waals surface area contributed by atoms with Gasteiger partial charge in [0.2, 0.25) is 5.91 Å². The van der Waals surface area contributed by atoms with E-state index in [9.17, 15) is 4.79 Å². The Morgan fingerprint density at radius 1 is 1.12 bits per heavy atom. The van der Waals surface area contributed by atoms with Gasteiger partial charge in [0.15, 0.2) is 0 Å². The van der Waals surface area contributed by atoms with Crippen molar-refractivity contribution in [2.75, 3.05) is 19.5 Å². The summed E-state index contributed by atoms with van der Waals surface area (Å²) in [6, 6.07) is 13.5. The number of ether oxygens (including phenoxy) is 2. The van der Waals surface area contributed by atoms with Gasteiger partial charge < -0.3 is 14.8 Å². The third-order valence-electron chi connectivity index (χ3n) is 3.63. The Bertz CT molecular complexity index is 686. The van der Waals surface area contributed by atoms with Crippen molar-refractivity contribution in [3.63, 3.8) is 0 Å². The molecular formula is C19H23NO3S. The predicted molar refractivity (Wildman–Crippen MR) is 99.3 cm³/mol. The number of aryl methyl sites for hydroxylation is 1. The van der Waals surface area contributed by atoms with E-state index in [4.69, 9.17) is 9.47 Å². The summed E-state index contributed by atoms with van der Waals surface area (Å²) >= 11 is 1.57. The molecule has 0 aliphatic carbocycles. The standard InChI is InChI=1S/C19H23NO3S/c1-5-18(24-15-9-6-13(2)7-10-15)19(21)20-16-11-8-14(22-3)12-17(16)23-4/h6-12,18H,5H2,1-4H3,(H,20,21). The number of nitrogens with one attached hydrogen (secondary N) is 1. The predicted octanol–water partition coefficient (Wildman–Crippen LogP) is 4.52. The molecular weight excluding hydrogens is 322 g/mol. The zero-order valence-corrected chi connectivity index (χ0v) is 15.3. The van der Waals surface area contributed by atoms with Crippen LogP contribution in [0.5, 0.6) is 11.5 Å². The fourth-order valence-electron chi connectivity index (χ4n) is 2.22. The maximum atomic E-state index is 12.6. The highest BCUT2D eigenvalue weighted by Crippen LogP contribution is 2.31. The van der Waals surface area contributed by atoms with Crippen LogP contribution in [0.1, 0.15) is 18.9 Å². The number of thioether (sulfide) groups is 1. The van der Waals surface area contributed by atoms with Crippen LogP contribution in [0.25, 0.3) is 0 Å². The minimum absolute atomic E-state index is 0.0356. The van der Waals surface area contributed by atoms with E-state index in [-0.39, 0.29) is 11.2 Å². The largest absolute Gasteiger partial charge is 0.497 e. The molecule has 0 saturated heterocycles. The smallest absolute Gasteiger partial charge is 0.237 e. The van der Waals surface area contributed by atoms with Gasteiger partial charge in [-0.2, -0.15) is 0 Å². The molecule has 1 amide bonds. The first-order valence-electron chi connectivity index (χ1n) is 7.83. The Kier molecular flexibility index (Phi) is 6.55. The molecule has 24 heavy (non-hydrogen) atoms. The molecule has 128 valence electrons. The van der Waals surface area contributed by atoms with Crippen LogP contribution >= 0.6 is 11.8 Å². The number of hydrogen-bond donors (Lipinski definition) is 1. The van der Waals surface area contributed by atoms with Crippen LogP contribution in [-0.2, 0) is 4.79 Å². The quantitative estimate of drug-likeness (QED) is 0.750. The van der Waals surface area contributed by atoms with E-state index in [0.29, 0.717) is 17.2 Å². The molecule has 0 saturated carbocycles. The Hall–Kier alpha value is -2.14. The first kappa shape index (κ1) is 18.2. The Morgan fingerprint density at radius 3 is 2.42 bits per heavy atom. The molecule has 0 radical (unpaired) electrons. The molecule has 0 fully saturated rings. The van der Waals surface area contributed by atoms with Crippen molar-refractivity contribution in [1.82, 2.24) is 0 Å². The summed E-state index contributed by atoms with van der Waals surface area (Å²) in [4.78, 5) is 13.7. The van der Waals surface area contributed by atoms with E-state index in [1.54, 1.807) is 44.2 Å². The van der Waals surface area contributed by atoms with Crippen molar-refractivity contribution < 1.29 is 14.3 Å². The minimum atomic E-state index is -0.167. The van der Waals surface area contributed by atoms with Gasteiger partial charge in [-0.3, -0.25) is 4.79 Å². The zero-order valence-electron chi connectivity index (χ0n) is 14.5. The van der Waals surface area contributed by atoms with E-state index in [2.05, 4.69) is 24.4 Å². The van der Waals surface area contributed by atoms with Gasteiger partial charge in [0.05, 0.1) is 25.2 Å². The summed E-state index contributed by atoms with van der Waals surface area (Å²) in [5, 5.41) is 2.79. The molecule has 0 spiro atoms. The number of carbonyl (C=O) groups excluding carboxylic acids is 1. The van der Waals surface area contributed by atoms with Gasteiger partial charge in [-0.25, -0.2) is 0 Å². The lowest BCUT2D eigenvalue weighted by Crippen LogP contribution is -2.24. The van der Waals surface area contributed by atoms with Crippen LogP contribution in [-0.4, -0.2) is 25.4 Å². The van der Waals surface area contributed by atoms with E-state index in [1.165, 1.54) is 5.56 Å². The maximum Gasteiger partial charge on any atom is 0.237 e. The first-order valence-corrected chi connectivity index (χ1v) is 8.71. The number of amides is 1. The topological polar surface area (TPSA) is 47.6 Å². The van der Waals surface area contributed by atoms with Crippen LogP contribution in [0.2, 0.25) is 0 Å². The molecule has 2 aromatic rings. The number of anilines is 1. The molecule has 4 nitrogen and oxygen atoms in total. The van der Waals surface area contributed by atoms with Crippen molar-refractivity contribution in [3.05, 3.63) is 48.0 Å². The van der Waals surface area contributed by atoms with Crippen molar-refractivity contribution in [2.45, 2.75) is 30.4 Å². The highest BCUT2D eigenvalue weighted by atomic mass is 32.2.